The Morgan fingerprint density at radius 1 is 1.33 bits per heavy atom. The van der Waals surface area contributed by atoms with Crippen molar-refractivity contribution in [3.8, 4) is 5.75 Å². The third-order valence-electron chi connectivity index (χ3n) is 4.45. The van der Waals surface area contributed by atoms with Gasteiger partial charge in [0, 0.05) is 23.0 Å². The monoisotopic (exact) mass is 477 g/mol. The average Bonchev–Trinajstić information content (AvgIpc) is 3.13. The molecule has 2 N–H and O–H groups in total. The van der Waals surface area contributed by atoms with E-state index >= 15 is 0 Å². The number of anilines is 1. The molecule has 1 amide bonds. The molecular formula is C19H16BrN3O7. The van der Waals surface area contributed by atoms with Crippen LogP contribution < -0.4 is 10.1 Å². The van der Waals surface area contributed by atoms with Crippen LogP contribution >= 0.6 is 15.9 Å². The first-order valence-electron chi connectivity index (χ1n) is 8.61. The molecule has 30 heavy (non-hydrogen) atoms. The molecule has 0 aromatic heterocycles. The van der Waals surface area contributed by atoms with Crippen LogP contribution in [0.5, 0.6) is 5.75 Å². The lowest BCUT2D eigenvalue weighted by molar-refractivity contribution is -0.384. The summed E-state index contributed by atoms with van der Waals surface area (Å²) in [7, 11) is 1.34. The Bertz CT molecular complexity index is 1040. The highest BCUT2D eigenvalue weighted by Gasteiger charge is 2.49. The molecule has 0 saturated carbocycles. The molecule has 2 aromatic carbocycles. The van der Waals surface area contributed by atoms with Crippen LogP contribution in [0.1, 0.15) is 18.4 Å². The number of hydrogen-bond donors (Lipinski definition) is 2. The number of carboxylic acid groups (broad SMARTS) is 1. The number of aliphatic carboxylic acids is 1. The van der Waals surface area contributed by atoms with Crippen LogP contribution in [0.25, 0.3) is 0 Å². The number of nitrogens with one attached hydrogen (secondary N) is 1. The number of oxime groups is 1. The first-order valence-corrected chi connectivity index (χ1v) is 9.40. The number of ether oxygens (including phenoxy) is 1. The Kier molecular flexibility index (Phi) is 6.01. The molecule has 11 heteroatoms. The topological polar surface area (TPSA) is 140 Å². The lowest BCUT2D eigenvalue weighted by atomic mass is 9.90. The molecule has 0 unspecified atom stereocenters. The van der Waals surface area contributed by atoms with Crippen molar-refractivity contribution in [2.45, 2.75) is 18.4 Å². The summed E-state index contributed by atoms with van der Waals surface area (Å²) in [6.07, 6.45) is -0.746. The number of benzene rings is 2. The molecule has 3 rings (SSSR count). The fourth-order valence-electron chi connectivity index (χ4n) is 2.96. The summed E-state index contributed by atoms with van der Waals surface area (Å²) in [6.45, 7) is 0. The molecule has 0 spiro atoms. The first kappa shape index (κ1) is 21.2. The molecule has 0 radical (unpaired) electrons. The van der Waals surface area contributed by atoms with Crippen LogP contribution in [0.4, 0.5) is 11.4 Å². The van der Waals surface area contributed by atoms with Crippen molar-refractivity contribution in [1.82, 2.24) is 0 Å². The zero-order valence-electron chi connectivity index (χ0n) is 15.6. The van der Waals surface area contributed by atoms with E-state index in [2.05, 4.69) is 26.4 Å². The predicted molar refractivity (Wildman–Crippen MR) is 110 cm³/mol. The molecule has 0 saturated heterocycles. The van der Waals surface area contributed by atoms with Gasteiger partial charge in [0.1, 0.15) is 5.75 Å². The van der Waals surface area contributed by atoms with Gasteiger partial charge in [0.05, 0.1) is 29.9 Å². The maximum atomic E-state index is 13.0. The molecule has 1 aliphatic rings. The molecule has 2 aromatic rings. The summed E-state index contributed by atoms with van der Waals surface area (Å²) in [6, 6.07) is 10.7. The fourth-order valence-corrected chi connectivity index (χ4v) is 3.22. The maximum absolute atomic E-state index is 13.0. The Hall–Kier alpha value is -3.47. The highest BCUT2D eigenvalue weighted by atomic mass is 79.9. The van der Waals surface area contributed by atoms with E-state index in [9.17, 15) is 24.8 Å². The van der Waals surface area contributed by atoms with Crippen LogP contribution in [0.15, 0.2) is 52.1 Å². The number of hydrogen-bond acceptors (Lipinski definition) is 7. The second kappa shape index (κ2) is 8.49. The molecule has 0 fully saturated rings. The van der Waals surface area contributed by atoms with Crippen molar-refractivity contribution >= 4 is 44.9 Å². The third-order valence-corrected chi connectivity index (χ3v) is 4.98. The van der Waals surface area contributed by atoms with Gasteiger partial charge in [-0.3, -0.25) is 19.7 Å². The van der Waals surface area contributed by atoms with Gasteiger partial charge in [-0.05, 0) is 23.8 Å². The second-order valence-corrected chi connectivity index (χ2v) is 7.39. The molecule has 10 nitrogen and oxygen atoms in total. The summed E-state index contributed by atoms with van der Waals surface area (Å²) >= 11 is 3.33. The smallest absolute Gasteiger partial charge is 0.308 e. The van der Waals surface area contributed by atoms with Gasteiger partial charge in [0.15, 0.2) is 0 Å². The third kappa shape index (κ3) is 4.40. The van der Waals surface area contributed by atoms with Crippen LogP contribution in [0.3, 0.4) is 0 Å². The summed E-state index contributed by atoms with van der Waals surface area (Å²) in [5, 5.41) is 26.8. The first-order chi connectivity index (χ1) is 14.2. The van der Waals surface area contributed by atoms with Gasteiger partial charge < -0.3 is 20.0 Å². The number of carboxylic acids is 1. The Morgan fingerprint density at radius 2 is 2.03 bits per heavy atom. The van der Waals surface area contributed by atoms with Crippen molar-refractivity contribution < 1.29 is 29.2 Å². The second-order valence-electron chi connectivity index (χ2n) is 6.47. The summed E-state index contributed by atoms with van der Waals surface area (Å²) in [4.78, 5) is 40.3. The number of halogens is 1. The van der Waals surface area contributed by atoms with Crippen LogP contribution in [-0.4, -0.2) is 40.3 Å². The number of rotatable bonds is 7. The predicted octanol–water partition coefficient (Wildman–Crippen LogP) is 3.34. The summed E-state index contributed by atoms with van der Waals surface area (Å²) in [5.41, 5.74) is -0.986. The van der Waals surface area contributed by atoms with Crippen molar-refractivity contribution in [2.24, 2.45) is 5.16 Å². The SMILES string of the molecule is COc1ccc([N+](=O)[O-])cc1NC(=O)[C@]1(CC(=O)O)CC(c2ccc(Br)cc2)=NO1. The number of nitro groups is 1. The van der Waals surface area contributed by atoms with E-state index in [4.69, 9.17) is 9.57 Å². The van der Waals surface area contributed by atoms with Gasteiger partial charge in [-0.15, -0.1) is 0 Å². The lowest BCUT2D eigenvalue weighted by Crippen LogP contribution is -2.45. The van der Waals surface area contributed by atoms with Gasteiger partial charge in [0.2, 0.25) is 5.60 Å². The standard InChI is InChI=1S/C19H16BrN3O7/c1-29-16-7-6-13(23(27)28)8-14(16)21-18(26)19(10-17(24)25)9-15(22-30-19)11-2-4-12(20)5-3-11/h2-8H,9-10H2,1H3,(H,21,26)(H,24,25)/t19-/m1/s1. The Balaban J connectivity index is 1.89. The zero-order valence-corrected chi connectivity index (χ0v) is 17.2. The number of methoxy groups -OCH3 is 1. The lowest BCUT2D eigenvalue weighted by Gasteiger charge is -2.24. The van der Waals surface area contributed by atoms with Crippen molar-refractivity contribution in [3.05, 3.63) is 62.6 Å². The van der Waals surface area contributed by atoms with E-state index in [1.807, 2.05) is 0 Å². The number of carbonyl (C=O) groups excluding carboxylic acids is 1. The average molecular weight is 478 g/mol. The Labute approximate surface area is 178 Å². The molecule has 156 valence electrons. The van der Waals surface area contributed by atoms with E-state index in [1.165, 1.54) is 19.2 Å². The van der Waals surface area contributed by atoms with Crippen molar-refractivity contribution in [3.63, 3.8) is 0 Å². The van der Waals surface area contributed by atoms with Crippen LogP contribution in [0.2, 0.25) is 0 Å². The van der Waals surface area contributed by atoms with Gasteiger partial charge in [0.25, 0.3) is 11.6 Å². The van der Waals surface area contributed by atoms with Crippen molar-refractivity contribution in [2.75, 3.05) is 12.4 Å². The largest absolute Gasteiger partial charge is 0.495 e. The maximum Gasteiger partial charge on any atom is 0.308 e. The van der Waals surface area contributed by atoms with Gasteiger partial charge in [-0.1, -0.05) is 33.2 Å². The van der Waals surface area contributed by atoms with E-state index < -0.39 is 28.8 Å². The number of amides is 1. The molecule has 1 aliphatic heterocycles. The van der Waals surface area contributed by atoms with Gasteiger partial charge in [-0.2, -0.15) is 0 Å². The van der Waals surface area contributed by atoms with Crippen LogP contribution in [0, 0.1) is 10.1 Å². The zero-order chi connectivity index (χ0) is 21.9. The van der Waals surface area contributed by atoms with E-state index in [1.54, 1.807) is 24.3 Å². The molecule has 1 heterocycles. The highest BCUT2D eigenvalue weighted by molar-refractivity contribution is 9.10. The van der Waals surface area contributed by atoms with Crippen molar-refractivity contribution in [1.29, 1.82) is 0 Å². The van der Waals surface area contributed by atoms with Gasteiger partial charge in [-0.25, -0.2) is 0 Å². The Morgan fingerprint density at radius 3 is 2.63 bits per heavy atom. The summed E-state index contributed by atoms with van der Waals surface area (Å²) < 4.78 is 5.98. The van der Waals surface area contributed by atoms with E-state index in [0.29, 0.717) is 11.3 Å². The minimum atomic E-state index is -1.82. The fraction of sp³-hybridized carbons (Fsp3) is 0.211. The number of carbonyl (C=O) groups is 2. The van der Waals surface area contributed by atoms with Crippen LogP contribution in [-0.2, 0) is 14.4 Å². The van der Waals surface area contributed by atoms with Gasteiger partial charge >= 0.3 is 5.97 Å². The minimum Gasteiger partial charge on any atom is -0.495 e. The highest BCUT2D eigenvalue weighted by Crippen LogP contribution is 2.35. The van der Waals surface area contributed by atoms with E-state index in [0.717, 1.165) is 10.5 Å². The molecule has 0 aliphatic carbocycles. The normalized spacial score (nSPS) is 17.6. The summed E-state index contributed by atoms with van der Waals surface area (Å²) in [5.74, 6) is -1.89. The minimum absolute atomic E-state index is 0.0159. The molecule has 1 atom stereocenters. The molecular weight excluding hydrogens is 462 g/mol. The number of nitro benzene ring substituents is 1. The molecule has 0 bridgehead atoms. The van der Waals surface area contributed by atoms with E-state index in [-0.39, 0.29) is 23.5 Å². The quantitative estimate of drug-likeness (QED) is 0.459. The number of non-ortho nitro benzene ring substituents is 1. The number of nitrogens with zero attached hydrogens (tertiary/aromatic N) is 2.